The number of hydrogen-bond acceptors (Lipinski definition) is 2. The van der Waals surface area contributed by atoms with Crippen LogP contribution in [0.1, 0.15) is 47.0 Å². The summed E-state index contributed by atoms with van der Waals surface area (Å²) in [4.78, 5) is 11.6. The monoisotopic (exact) mass is 196 g/mol. The van der Waals surface area contributed by atoms with E-state index in [0.29, 0.717) is 0 Å². The molecule has 2 heteroatoms. The fourth-order valence-electron chi connectivity index (χ4n) is 1.64. The number of hydrogen-bond donors (Lipinski definition) is 0. The van der Waals surface area contributed by atoms with Gasteiger partial charge in [0.2, 0.25) is 0 Å². The first-order chi connectivity index (χ1) is 6.41. The molecule has 0 aromatic heterocycles. The highest BCUT2D eigenvalue weighted by Crippen LogP contribution is 2.30. The van der Waals surface area contributed by atoms with Crippen LogP contribution in [0.25, 0.3) is 0 Å². The SMILES string of the molecule is CC(C)=CC[C@@H]1CCC(C)(C)OC1=O. The Morgan fingerprint density at radius 1 is 1.57 bits per heavy atom. The van der Waals surface area contributed by atoms with Crippen molar-refractivity contribution in [1.82, 2.24) is 0 Å². The van der Waals surface area contributed by atoms with Gasteiger partial charge in [-0.2, -0.15) is 0 Å². The van der Waals surface area contributed by atoms with Crippen LogP contribution in [-0.2, 0) is 9.53 Å². The molecule has 0 bridgehead atoms. The molecule has 0 N–H and O–H groups in total. The Bertz CT molecular complexity index is 247. The summed E-state index contributed by atoms with van der Waals surface area (Å²) in [5.74, 6) is 0.0525. The molecule has 0 unspecified atom stereocenters. The summed E-state index contributed by atoms with van der Waals surface area (Å²) in [7, 11) is 0. The van der Waals surface area contributed by atoms with Crippen molar-refractivity contribution in [3.05, 3.63) is 11.6 Å². The molecule has 0 saturated carbocycles. The summed E-state index contributed by atoms with van der Waals surface area (Å²) in [5.41, 5.74) is 1.01. The minimum atomic E-state index is -0.251. The fourth-order valence-corrected chi connectivity index (χ4v) is 1.64. The van der Waals surface area contributed by atoms with Gasteiger partial charge in [0.05, 0.1) is 5.92 Å². The van der Waals surface area contributed by atoms with Crippen LogP contribution in [0.4, 0.5) is 0 Å². The molecule has 0 spiro atoms. The van der Waals surface area contributed by atoms with E-state index in [9.17, 15) is 4.79 Å². The Kier molecular flexibility index (Phi) is 3.35. The predicted octanol–water partition coefficient (Wildman–Crippen LogP) is 3.07. The molecule has 0 aromatic rings. The average Bonchev–Trinajstić information content (AvgIpc) is 2.00. The first-order valence-electron chi connectivity index (χ1n) is 5.27. The highest BCUT2D eigenvalue weighted by molar-refractivity contribution is 5.73. The lowest BCUT2D eigenvalue weighted by Crippen LogP contribution is -2.37. The topological polar surface area (TPSA) is 26.3 Å². The maximum absolute atomic E-state index is 11.6. The first kappa shape index (κ1) is 11.3. The minimum Gasteiger partial charge on any atom is -0.459 e. The highest BCUT2D eigenvalue weighted by Gasteiger charge is 2.33. The molecule has 2 nitrogen and oxygen atoms in total. The van der Waals surface area contributed by atoms with E-state index in [0.717, 1.165) is 19.3 Å². The number of esters is 1. The highest BCUT2D eigenvalue weighted by atomic mass is 16.6. The lowest BCUT2D eigenvalue weighted by atomic mass is 9.89. The van der Waals surface area contributed by atoms with Crippen LogP contribution in [0, 0.1) is 5.92 Å². The van der Waals surface area contributed by atoms with E-state index in [1.165, 1.54) is 5.57 Å². The molecule has 0 radical (unpaired) electrons. The lowest BCUT2D eigenvalue weighted by molar-refractivity contribution is -0.169. The number of allylic oxidation sites excluding steroid dienone is 2. The largest absolute Gasteiger partial charge is 0.459 e. The van der Waals surface area contributed by atoms with Gasteiger partial charge in [-0.25, -0.2) is 0 Å². The van der Waals surface area contributed by atoms with Gasteiger partial charge >= 0.3 is 5.97 Å². The summed E-state index contributed by atoms with van der Waals surface area (Å²) in [5, 5.41) is 0. The maximum atomic E-state index is 11.6. The smallest absolute Gasteiger partial charge is 0.309 e. The zero-order valence-electron chi connectivity index (χ0n) is 9.59. The Hall–Kier alpha value is -0.790. The normalized spacial score (nSPS) is 25.4. The number of carbonyl (C=O) groups is 1. The quantitative estimate of drug-likeness (QED) is 0.501. The zero-order valence-corrected chi connectivity index (χ0v) is 9.59. The molecule has 0 aromatic carbocycles. The van der Waals surface area contributed by atoms with Crippen LogP contribution in [0.2, 0.25) is 0 Å². The molecule has 1 saturated heterocycles. The van der Waals surface area contributed by atoms with Crippen molar-refractivity contribution < 1.29 is 9.53 Å². The van der Waals surface area contributed by atoms with Crippen molar-refractivity contribution >= 4 is 5.97 Å². The van der Waals surface area contributed by atoms with Gasteiger partial charge in [-0.05, 0) is 47.0 Å². The molecule has 1 aliphatic heterocycles. The lowest BCUT2D eigenvalue weighted by Gasteiger charge is -2.33. The van der Waals surface area contributed by atoms with Crippen molar-refractivity contribution in [2.24, 2.45) is 5.92 Å². The van der Waals surface area contributed by atoms with E-state index in [-0.39, 0.29) is 17.5 Å². The van der Waals surface area contributed by atoms with Crippen molar-refractivity contribution in [2.45, 2.75) is 52.6 Å². The van der Waals surface area contributed by atoms with E-state index in [4.69, 9.17) is 4.74 Å². The summed E-state index contributed by atoms with van der Waals surface area (Å²) >= 11 is 0. The zero-order chi connectivity index (χ0) is 10.8. The fraction of sp³-hybridized carbons (Fsp3) is 0.750. The molecule has 80 valence electrons. The van der Waals surface area contributed by atoms with Gasteiger partial charge in [0, 0.05) is 0 Å². The minimum absolute atomic E-state index is 0.0289. The summed E-state index contributed by atoms with van der Waals surface area (Å²) < 4.78 is 5.35. The molecule has 14 heavy (non-hydrogen) atoms. The Labute approximate surface area is 86.3 Å². The van der Waals surface area contributed by atoms with Crippen LogP contribution in [0.15, 0.2) is 11.6 Å². The number of rotatable bonds is 2. The Balaban J connectivity index is 2.51. The molecule has 1 heterocycles. The van der Waals surface area contributed by atoms with Crippen LogP contribution >= 0.6 is 0 Å². The van der Waals surface area contributed by atoms with Gasteiger partial charge in [-0.3, -0.25) is 4.79 Å². The Morgan fingerprint density at radius 3 is 2.71 bits per heavy atom. The van der Waals surface area contributed by atoms with Crippen molar-refractivity contribution in [2.75, 3.05) is 0 Å². The van der Waals surface area contributed by atoms with Crippen LogP contribution < -0.4 is 0 Å². The standard InChI is InChI=1S/C12H20O2/c1-9(2)5-6-10-7-8-12(3,4)14-11(10)13/h5,10H,6-8H2,1-4H3/t10-/m1/s1. The third-order valence-corrected chi connectivity index (χ3v) is 2.62. The van der Waals surface area contributed by atoms with Crippen LogP contribution in [-0.4, -0.2) is 11.6 Å². The maximum Gasteiger partial charge on any atom is 0.309 e. The molecular formula is C12H20O2. The molecule has 1 atom stereocenters. The van der Waals surface area contributed by atoms with E-state index < -0.39 is 0 Å². The molecule has 0 amide bonds. The number of ether oxygens (including phenoxy) is 1. The van der Waals surface area contributed by atoms with Gasteiger partial charge < -0.3 is 4.74 Å². The third-order valence-electron chi connectivity index (χ3n) is 2.62. The van der Waals surface area contributed by atoms with Crippen molar-refractivity contribution in [1.29, 1.82) is 0 Å². The van der Waals surface area contributed by atoms with E-state index in [2.05, 4.69) is 19.9 Å². The van der Waals surface area contributed by atoms with Gasteiger partial charge in [0.25, 0.3) is 0 Å². The number of carbonyl (C=O) groups excluding carboxylic acids is 1. The van der Waals surface area contributed by atoms with Gasteiger partial charge in [-0.15, -0.1) is 0 Å². The third kappa shape index (κ3) is 3.17. The van der Waals surface area contributed by atoms with Gasteiger partial charge in [0.15, 0.2) is 0 Å². The summed E-state index contributed by atoms with van der Waals surface area (Å²) in [6, 6.07) is 0. The second-order valence-electron chi connectivity index (χ2n) is 4.93. The molecular weight excluding hydrogens is 176 g/mol. The molecule has 1 fully saturated rings. The van der Waals surface area contributed by atoms with E-state index >= 15 is 0 Å². The second-order valence-corrected chi connectivity index (χ2v) is 4.93. The number of cyclic esters (lactones) is 1. The first-order valence-corrected chi connectivity index (χ1v) is 5.27. The van der Waals surface area contributed by atoms with E-state index in [1.54, 1.807) is 0 Å². The predicted molar refractivity (Wildman–Crippen MR) is 56.9 cm³/mol. The molecule has 0 aliphatic carbocycles. The average molecular weight is 196 g/mol. The van der Waals surface area contributed by atoms with Crippen LogP contribution in [0.3, 0.4) is 0 Å². The van der Waals surface area contributed by atoms with Gasteiger partial charge in [0.1, 0.15) is 5.60 Å². The second kappa shape index (κ2) is 4.16. The van der Waals surface area contributed by atoms with Crippen LogP contribution in [0.5, 0.6) is 0 Å². The van der Waals surface area contributed by atoms with E-state index in [1.807, 2.05) is 13.8 Å². The van der Waals surface area contributed by atoms with Gasteiger partial charge in [-0.1, -0.05) is 11.6 Å². The Morgan fingerprint density at radius 2 is 2.21 bits per heavy atom. The molecule has 1 aliphatic rings. The molecule has 1 rings (SSSR count). The van der Waals surface area contributed by atoms with Crippen molar-refractivity contribution in [3.8, 4) is 0 Å². The summed E-state index contributed by atoms with van der Waals surface area (Å²) in [6.07, 6.45) is 4.87. The summed E-state index contributed by atoms with van der Waals surface area (Å²) in [6.45, 7) is 8.06. The van der Waals surface area contributed by atoms with Crippen molar-refractivity contribution in [3.63, 3.8) is 0 Å².